The number of hydrogen-bond donors (Lipinski definition) is 2. The molecule has 0 aromatic carbocycles. The van der Waals surface area contributed by atoms with E-state index in [1.807, 2.05) is 18.4 Å². The summed E-state index contributed by atoms with van der Waals surface area (Å²) >= 11 is 1.52. The average Bonchev–Trinajstić information content (AvgIpc) is 2.70. The SMILES string of the molecule is CCc1c(O)n(Cc2sccc2C)c(=O)[nH]c1=O. The third kappa shape index (κ3) is 2.11. The Morgan fingerprint density at radius 2 is 2.17 bits per heavy atom. The van der Waals surface area contributed by atoms with Gasteiger partial charge < -0.3 is 5.11 Å². The molecule has 0 spiro atoms. The number of aromatic amines is 1. The molecule has 0 saturated heterocycles. The third-order valence-corrected chi connectivity index (χ3v) is 3.90. The number of nitrogens with zero attached hydrogens (tertiary/aromatic N) is 1. The van der Waals surface area contributed by atoms with Crippen molar-refractivity contribution in [3.63, 3.8) is 0 Å². The van der Waals surface area contributed by atoms with Crippen LogP contribution in [0.5, 0.6) is 5.88 Å². The summed E-state index contributed by atoms with van der Waals surface area (Å²) in [7, 11) is 0. The molecule has 0 aliphatic heterocycles. The van der Waals surface area contributed by atoms with E-state index in [1.165, 1.54) is 15.9 Å². The van der Waals surface area contributed by atoms with Crippen LogP contribution in [-0.4, -0.2) is 14.7 Å². The second kappa shape index (κ2) is 4.81. The lowest BCUT2D eigenvalue weighted by molar-refractivity contribution is 0.402. The minimum Gasteiger partial charge on any atom is -0.494 e. The molecule has 0 radical (unpaired) electrons. The lowest BCUT2D eigenvalue weighted by atomic mass is 10.2. The highest BCUT2D eigenvalue weighted by molar-refractivity contribution is 7.10. The number of aromatic nitrogens is 2. The van der Waals surface area contributed by atoms with Crippen molar-refractivity contribution in [1.29, 1.82) is 0 Å². The van der Waals surface area contributed by atoms with Crippen LogP contribution in [0.2, 0.25) is 0 Å². The zero-order chi connectivity index (χ0) is 13.3. The summed E-state index contributed by atoms with van der Waals surface area (Å²) in [5.41, 5.74) is 0.209. The maximum atomic E-state index is 11.7. The van der Waals surface area contributed by atoms with Gasteiger partial charge in [-0.3, -0.25) is 14.3 Å². The van der Waals surface area contributed by atoms with Crippen LogP contribution in [0, 0.1) is 6.92 Å². The number of aryl methyl sites for hydroxylation is 1. The van der Waals surface area contributed by atoms with Crippen LogP contribution >= 0.6 is 11.3 Å². The Kier molecular flexibility index (Phi) is 3.38. The van der Waals surface area contributed by atoms with E-state index < -0.39 is 11.2 Å². The molecule has 18 heavy (non-hydrogen) atoms. The Hall–Kier alpha value is -1.82. The summed E-state index contributed by atoms with van der Waals surface area (Å²) in [6.07, 6.45) is 0.380. The van der Waals surface area contributed by atoms with Crippen molar-refractivity contribution in [3.8, 4) is 5.88 Å². The number of H-pyrrole nitrogens is 1. The smallest absolute Gasteiger partial charge is 0.331 e. The maximum Gasteiger partial charge on any atom is 0.331 e. The zero-order valence-electron chi connectivity index (χ0n) is 10.2. The van der Waals surface area contributed by atoms with E-state index in [-0.39, 0.29) is 18.0 Å². The first-order chi connectivity index (χ1) is 8.54. The summed E-state index contributed by atoms with van der Waals surface area (Å²) in [4.78, 5) is 26.4. The molecule has 2 aromatic rings. The van der Waals surface area contributed by atoms with E-state index in [1.54, 1.807) is 6.92 Å². The van der Waals surface area contributed by atoms with E-state index in [4.69, 9.17) is 0 Å². The molecule has 0 aliphatic carbocycles. The maximum absolute atomic E-state index is 11.7. The Morgan fingerprint density at radius 3 is 2.72 bits per heavy atom. The first-order valence-corrected chi connectivity index (χ1v) is 6.50. The van der Waals surface area contributed by atoms with Gasteiger partial charge in [0.1, 0.15) is 0 Å². The summed E-state index contributed by atoms with van der Waals surface area (Å²) in [5, 5.41) is 11.9. The van der Waals surface area contributed by atoms with Gasteiger partial charge in [-0.2, -0.15) is 0 Å². The lowest BCUT2D eigenvalue weighted by Crippen LogP contribution is -2.32. The second-order valence-electron chi connectivity index (χ2n) is 4.03. The first-order valence-electron chi connectivity index (χ1n) is 5.62. The summed E-state index contributed by atoms with van der Waals surface area (Å²) in [5.74, 6) is -0.237. The molecule has 2 N–H and O–H groups in total. The van der Waals surface area contributed by atoms with E-state index in [0.29, 0.717) is 6.42 Å². The Bertz CT molecular complexity index is 681. The van der Waals surface area contributed by atoms with Gasteiger partial charge in [-0.05, 0) is 30.4 Å². The van der Waals surface area contributed by atoms with E-state index in [9.17, 15) is 14.7 Å². The fourth-order valence-electron chi connectivity index (χ4n) is 1.78. The molecule has 6 heteroatoms. The summed E-state index contributed by atoms with van der Waals surface area (Å²) in [6, 6.07) is 1.95. The molecule has 2 heterocycles. The van der Waals surface area contributed by atoms with Crippen molar-refractivity contribution in [2.45, 2.75) is 26.8 Å². The van der Waals surface area contributed by atoms with Crippen molar-refractivity contribution in [1.82, 2.24) is 9.55 Å². The van der Waals surface area contributed by atoms with Gasteiger partial charge in [0.05, 0.1) is 12.1 Å². The molecular weight excluding hydrogens is 252 g/mol. The standard InChI is InChI=1S/C12H14N2O3S/c1-3-8-10(15)13-12(17)14(11(8)16)6-9-7(2)4-5-18-9/h4-5,16H,3,6H2,1-2H3,(H,13,15,17). The van der Waals surface area contributed by atoms with Gasteiger partial charge in [0, 0.05) is 4.88 Å². The van der Waals surface area contributed by atoms with Crippen LogP contribution in [0.4, 0.5) is 0 Å². The van der Waals surface area contributed by atoms with Gasteiger partial charge in [0.25, 0.3) is 5.56 Å². The van der Waals surface area contributed by atoms with Crippen LogP contribution in [0.25, 0.3) is 0 Å². The van der Waals surface area contributed by atoms with Crippen molar-refractivity contribution >= 4 is 11.3 Å². The summed E-state index contributed by atoms with van der Waals surface area (Å²) in [6.45, 7) is 3.98. The topological polar surface area (TPSA) is 75.1 Å². The third-order valence-electron chi connectivity index (χ3n) is 2.89. The molecule has 2 rings (SSSR count). The minimum atomic E-state index is -0.581. The van der Waals surface area contributed by atoms with Crippen LogP contribution in [-0.2, 0) is 13.0 Å². The highest BCUT2D eigenvalue weighted by atomic mass is 32.1. The molecule has 96 valence electrons. The van der Waals surface area contributed by atoms with Crippen LogP contribution in [0.1, 0.15) is 22.9 Å². The van der Waals surface area contributed by atoms with E-state index >= 15 is 0 Å². The van der Waals surface area contributed by atoms with Gasteiger partial charge in [0.15, 0.2) is 0 Å². The molecule has 0 aliphatic rings. The van der Waals surface area contributed by atoms with Gasteiger partial charge in [-0.1, -0.05) is 6.92 Å². The van der Waals surface area contributed by atoms with Crippen LogP contribution in [0.3, 0.4) is 0 Å². The average molecular weight is 266 g/mol. The monoisotopic (exact) mass is 266 g/mol. The number of thiophene rings is 1. The molecule has 0 fully saturated rings. The summed E-state index contributed by atoms with van der Waals surface area (Å²) < 4.78 is 1.19. The number of nitrogens with one attached hydrogen (secondary N) is 1. The van der Waals surface area contributed by atoms with Crippen molar-refractivity contribution in [2.75, 3.05) is 0 Å². The van der Waals surface area contributed by atoms with Gasteiger partial charge in [-0.25, -0.2) is 4.79 Å². The predicted octanol–water partition coefficient (Wildman–Crippen LogP) is 1.22. The zero-order valence-corrected chi connectivity index (χ0v) is 11.0. The van der Waals surface area contributed by atoms with Crippen molar-refractivity contribution in [3.05, 3.63) is 48.3 Å². The van der Waals surface area contributed by atoms with Gasteiger partial charge in [0.2, 0.25) is 5.88 Å². The molecular formula is C12H14N2O3S. The van der Waals surface area contributed by atoms with Gasteiger partial charge >= 0.3 is 5.69 Å². The first kappa shape index (κ1) is 12.6. The molecule has 0 unspecified atom stereocenters. The second-order valence-corrected chi connectivity index (χ2v) is 5.03. The Balaban J connectivity index is 2.55. The Labute approximate surface area is 107 Å². The fraction of sp³-hybridized carbons (Fsp3) is 0.333. The molecule has 0 amide bonds. The fourth-order valence-corrected chi connectivity index (χ4v) is 2.67. The lowest BCUT2D eigenvalue weighted by Gasteiger charge is -2.10. The highest BCUT2D eigenvalue weighted by Gasteiger charge is 2.13. The molecule has 0 saturated carbocycles. The quantitative estimate of drug-likeness (QED) is 0.877. The van der Waals surface area contributed by atoms with Gasteiger partial charge in [-0.15, -0.1) is 11.3 Å². The molecule has 0 atom stereocenters. The predicted molar refractivity (Wildman–Crippen MR) is 70.5 cm³/mol. The molecule has 0 bridgehead atoms. The number of rotatable bonds is 3. The number of hydrogen-bond acceptors (Lipinski definition) is 4. The van der Waals surface area contributed by atoms with Crippen molar-refractivity contribution in [2.24, 2.45) is 0 Å². The normalized spacial score (nSPS) is 10.8. The number of aromatic hydroxyl groups is 1. The molecule has 5 nitrogen and oxygen atoms in total. The van der Waals surface area contributed by atoms with Crippen LogP contribution < -0.4 is 11.2 Å². The largest absolute Gasteiger partial charge is 0.494 e. The minimum absolute atomic E-state index is 0.237. The van der Waals surface area contributed by atoms with E-state index in [2.05, 4.69) is 4.98 Å². The Morgan fingerprint density at radius 1 is 1.44 bits per heavy atom. The van der Waals surface area contributed by atoms with Crippen molar-refractivity contribution < 1.29 is 5.11 Å². The molecule has 2 aromatic heterocycles. The van der Waals surface area contributed by atoms with E-state index in [0.717, 1.165) is 10.4 Å². The highest BCUT2D eigenvalue weighted by Crippen LogP contribution is 2.19. The van der Waals surface area contributed by atoms with Crippen LogP contribution in [0.15, 0.2) is 21.0 Å².